The number of amides is 2. The summed E-state index contributed by atoms with van der Waals surface area (Å²) in [7, 11) is -2.12. The number of carbonyl (C=O) groups is 2. The van der Waals surface area contributed by atoms with E-state index in [0.717, 1.165) is 11.3 Å². The van der Waals surface area contributed by atoms with Crippen LogP contribution in [-0.4, -0.2) is 45.3 Å². The Kier molecular flexibility index (Phi) is 5.52. The van der Waals surface area contributed by atoms with Gasteiger partial charge in [0.2, 0.25) is 5.91 Å². The molecule has 1 aromatic carbocycles. The number of hydrogen-bond donors (Lipinski definition) is 1. The Hall–Kier alpha value is -2.39. The van der Waals surface area contributed by atoms with E-state index < -0.39 is 10.0 Å². The molecule has 1 aliphatic heterocycles. The monoisotopic (exact) mass is 407 g/mol. The Labute approximate surface area is 162 Å². The highest BCUT2D eigenvalue weighted by Crippen LogP contribution is 2.26. The highest BCUT2D eigenvalue weighted by atomic mass is 32.2. The SMILES string of the molecule is CN(c1ccc(C(=O)N2CCC(C(N)=O)CC2)cc1)S(=O)(=O)c1cccs1. The average molecular weight is 408 g/mol. The second-order valence-corrected chi connectivity index (χ2v) is 9.56. The van der Waals surface area contributed by atoms with Gasteiger partial charge in [-0.05, 0) is 48.6 Å². The molecule has 0 bridgehead atoms. The van der Waals surface area contributed by atoms with E-state index in [9.17, 15) is 18.0 Å². The largest absolute Gasteiger partial charge is 0.369 e. The molecule has 1 saturated heterocycles. The zero-order chi connectivity index (χ0) is 19.6. The summed E-state index contributed by atoms with van der Waals surface area (Å²) >= 11 is 1.16. The molecule has 0 atom stereocenters. The van der Waals surface area contributed by atoms with Gasteiger partial charge in [-0.3, -0.25) is 13.9 Å². The zero-order valence-corrected chi connectivity index (χ0v) is 16.5. The number of sulfonamides is 1. The van der Waals surface area contributed by atoms with Gasteiger partial charge in [0.15, 0.2) is 0 Å². The van der Waals surface area contributed by atoms with Gasteiger partial charge < -0.3 is 10.6 Å². The summed E-state index contributed by atoms with van der Waals surface area (Å²) in [5, 5.41) is 1.71. The fourth-order valence-corrected chi connectivity index (χ4v) is 5.40. The summed E-state index contributed by atoms with van der Waals surface area (Å²) in [5.74, 6) is -0.623. The lowest BCUT2D eigenvalue weighted by atomic mass is 9.96. The molecule has 0 aliphatic carbocycles. The summed E-state index contributed by atoms with van der Waals surface area (Å²) in [6.45, 7) is 0.974. The number of rotatable bonds is 5. The molecule has 3 rings (SSSR count). The number of nitrogens with two attached hydrogens (primary N) is 1. The van der Waals surface area contributed by atoms with Gasteiger partial charge in [-0.25, -0.2) is 8.42 Å². The molecule has 0 radical (unpaired) electrons. The van der Waals surface area contributed by atoms with Gasteiger partial charge in [0.25, 0.3) is 15.9 Å². The highest BCUT2D eigenvalue weighted by Gasteiger charge is 2.27. The van der Waals surface area contributed by atoms with Gasteiger partial charge in [0.1, 0.15) is 4.21 Å². The normalized spacial score (nSPS) is 15.5. The second-order valence-electron chi connectivity index (χ2n) is 6.42. The maximum atomic E-state index is 12.6. The lowest BCUT2D eigenvalue weighted by Crippen LogP contribution is -2.41. The van der Waals surface area contributed by atoms with Crippen LogP contribution in [0.15, 0.2) is 46.0 Å². The van der Waals surface area contributed by atoms with Crippen LogP contribution in [0.2, 0.25) is 0 Å². The molecular weight excluding hydrogens is 386 g/mol. The predicted octanol–water partition coefficient (Wildman–Crippen LogP) is 1.91. The van der Waals surface area contributed by atoms with E-state index >= 15 is 0 Å². The molecular formula is C18H21N3O4S2. The molecule has 2 N–H and O–H groups in total. The first-order valence-electron chi connectivity index (χ1n) is 8.52. The molecule has 1 fully saturated rings. The van der Waals surface area contributed by atoms with Gasteiger partial charge in [-0.15, -0.1) is 11.3 Å². The molecule has 2 aromatic rings. The first-order valence-corrected chi connectivity index (χ1v) is 10.8. The molecule has 27 heavy (non-hydrogen) atoms. The van der Waals surface area contributed by atoms with Crippen LogP contribution in [0, 0.1) is 5.92 Å². The molecule has 0 unspecified atom stereocenters. The molecule has 0 spiro atoms. The Bertz CT molecular complexity index is 916. The van der Waals surface area contributed by atoms with E-state index in [2.05, 4.69) is 0 Å². The molecule has 1 aliphatic rings. The number of piperidine rings is 1. The van der Waals surface area contributed by atoms with Crippen molar-refractivity contribution < 1.29 is 18.0 Å². The van der Waals surface area contributed by atoms with Gasteiger partial charge in [0, 0.05) is 31.6 Å². The number of hydrogen-bond acceptors (Lipinski definition) is 5. The van der Waals surface area contributed by atoms with Gasteiger partial charge in [0.05, 0.1) is 5.69 Å². The van der Waals surface area contributed by atoms with Crippen molar-refractivity contribution in [3.05, 3.63) is 47.3 Å². The van der Waals surface area contributed by atoms with Crippen LogP contribution in [0.5, 0.6) is 0 Å². The number of nitrogens with zero attached hydrogens (tertiary/aromatic N) is 2. The number of primary amides is 1. The number of anilines is 1. The van der Waals surface area contributed by atoms with E-state index in [0.29, 0.717) is 37.2 Å². The summed E-state index contributed by atoms with van der Waals surface area (Å²) in [6.07, 6.45) is 1.14. The molecule has 144 valence electrons. The Balaban J connectivity index is 1.70. The first kappa shape index (κ1) is 19.4. The van der Waals surface area contributed by atoms with Crippen LogP contribution in [0.1, 0.15) is 23.2 Å². The maximum Gasteiger partial charge on any atom is 0.273 e. The Morgan fingerprint density at radius 1 is 1.15 bits per heavy atom. The van der Waals surface area contributed by atoms with Gasteiger partial charge >= 0.3 is 0 Å². The van der Waals surface area contributed by atoms with E-state index in [1.54, 1.807) is 46.7 Å². The minimum atomic E-state index is -3.60. The van der Waals surface area contributed by atoms with E-state index in [1.165, 1.54) is 11.4 Å². The minimum Gasteiger partial charge on any atom is -0.369 e. The average Bonchev–Trinajstić information content (AvgIpc) is 3.23. The Morgan fingerprint density at radius 2 is 1.78 bits per heavy atom. The van der Waals surface area contributed by atoms with Crippen LogP contribution in [-0.2, 0) is 14.8 Å². The van der Waals surface area contributed by atoms with Crippen molar-refractivity contribution in [3.63, 3.8) is 0 Å². The third-order valence-corrected chi connectivity index (χ3v) is 7.93. The van der Waals surface area contributed by atoms with Crippen molar-refractivity contribution in [2.75, 3.05) is 24.4 Å². The van der Waals surface area contributed by atoms with Gasteiger partial charge in [-0.2, -0.15) is 0 Å². The van der Waals surface area contributed by atoms with Crippen molar-refractivity contribution in [1.82, 2.24) is 4.90 Å². The summed E-state index contributed by atoms with van der Waals surface area (Å²) in [6, 6.07) is 9.73. The quantitative estimate of drug-likeness (QED) is 0.818. The third-order valence-electron chi connectivity index (χ3n) is 4.77. The molecule has 2 heterocycles. The highest BCUT2D eigenvalue weighted by molar-refractivity contribution is 7.94. The summed E-state index contributed by atoms with van der Waals surface area (Å²) in [4.78, 5) is 25.5. The first-order chi connectivity index (χ1) is 12.8. The van der Waals surface area contributed by atoms with E-state index in [4.69, 9.17) is 5.73 Å². The number of benzene rings is 1. The molecule has 2 amide bonds. The van der Waals surface area contributed by atoms with Crippen LogP contribution in [0.3, 0.4) is 0 Å². The number of thiophene rings is 1. The fraction of sp³-hybridized carbons (Fsp3) is 0.333. The molecule has 7 nitrogen and oxygen atoms in total. The van der Waals surface area contributed by atoms with Crippen molar-refractivity contribution in [2.24, 2.45) is 11.7 Å². The van der Waals surface area contributed by atoms with Crippen molar-refractivity contribution in [2.45, 2.75) is 17.1 Å². The standard InChI is InChI=1S/C18H21N3O4S2/c1-20(27(24,25)16-3-2-12-26-16)15-6-4-14(5-7-15)18(23)21-10-8-13(9-11-21)17(19)22/h2-7,12-13H,8-11H2,1H3,(H2,19,22). The smallest absolute Gasteiger partial charge is 0.273 e. The topological polar surface area (TPSA) is 101 Å². The number of carbonyl (C=O) groups excluding carboxylic acids is 2. The molecule has 9 heteroatoms. The summed E-state index contributed by atoms with van der Waals surface area (Å²) in [5.41, 5.74) is 6.28. The van der Waals surface area contributed by atoms with Crippen molar-refractivity contribution in [3.8, 4) is 0 Å². The third kappa shape index (κ3) is 3.98. The Morgan fingerprint density at radius 3 is 2.30 bits per heavy atom. The number of likely N-dealkylation sites (tertiary alicyclic amines) is 1. The summed E-state index contributed by atoms with van der Waals surface area (Å²) < 4.78 is 26.6. The van der Waals surface area contributed by atoms with Crippen molar-refractivity contribution in [1.29, 1.82) is 0 Å². The van der Waals surface area contributed by atoms with Crippen molar-refractivity contribution >= 4 is 38.9 Å². The van der Waals surface area contributed by atoms with Crippen LogP contribution in [0.25, 0.3) is 0 Å². The van der Waals surface area contributed by atoms with Gasteiger partial charge in [-0.1, -0.05) is 6.07 Å². The fourth-order valence-electron chi connectivity index (χ4n) is 3.05. The second kappa shape index (κ2) is 7.69. The molecule has 0 saturated carbocycles. The molecule has 1 aromatic heterocycles. The van der Waals surface area contributed by atoms with Crippen LogP contribution in [0.4, 0.5) is 5.69 Å². The van der Waals surface area contributed by atoms with E-state index in [-0.39, 0.29) is 21.9 Å². The lowest BCUT2D eigenvalue weighted by Gasteiger charge is -2.30. The zero-order valence-electron chi connectivity index (χ0n) is 14.9. The van der Waals surface area contributed by atoms with Crippen LogP contribution < -0.4 is 10.0 Å². The lowest BCUT2D eigenvalue weighted by molar-refractivity contribution is -0.123. The van der Waals surface area contributed by atoms with E-state index in [1.807, 2.05) is 0 Å². The predicted molar refractivity (Wildman–Crippen MR) is 104 cm³/mol. The minimum absolute atomic E-state index is 0.131. The van der Waals surface area contributed by atoms with Crippen LogP contribution >= 0.6 is 11.3 Å². The maximum absolute atomic E-state index is 12.6.